The Morgan fingerprint density at radius 2 is 2.33 bits per heavy atom. The van der Waals surface area contributed by atoms with Crippen molar-refractivity contribution in [2.75, 3.05) is 6.54 Å². The topological polar surface area (TPSA) is 41.1 Å². The molecule has 0 aliphatic heterocycles. The van der Waals surface area contributed by atoms with Gasteiger partial charge in [-0.2, -0.15) is 0 Å². The van der Waals surface area contributed by atoms with Crippen LogP contribution < -0.4 is 10.6 Å². The van der Waals surface area contributed by atoms with Crippen molar-refractivity contribution in [1.82, 2.24) is 10.6 Å². The molecule has 0 saturated heterocycles. The highest BCUT2D eigenvalue weighted by Crippen LogP contribution is 2.07. The van der Waals surface area contributed by atoms with Gasteiger partial charge in [-0.15, -0.1) is 11.3 Å². The smallest absolute Gasteiger partial charge is 0.237 e. The van der Waals surface area contributed by atoms with Gasteiger partial charge in [-0.3, -0.25) is 4.79 Å². The molecular weight excluding hydrogens is 208 g/mol. The molecule has 0 radical (unpaired) electrons. The van der Waals surface area contributed by atoms with E-state index in [2.05, 4.69) is 10.6 Å². The van der Waals surface area contributed by atoms with Crippen molar-refractivity contribution in [3.8, 4) is 0 Å². The van der Waals surface area contributed by atoms with Crippen LogP contribution in [0.2, 0.25) is 0 Å². The molecular formula is C11H18N2OS. The maximum atomic E-state index is 11.7. The molecule has 0 bridgehead atoms. The molecule has 0 saturated carbocycles. The highest BCUT2D eigenvalue weighted by atomic mass is 32.1. The molecule has 0 aliphatic rings. The average Bonchev–Trinajstić information content (AvgIpc) is 2.75. The van der Waals surface area contributed by atoms with Gasteiger partial charge in [-0.25, -0.2) is 0 Å². The number of thiophene rings is 1. The van der Waals surface area contributed by atoms with Crippen LogP contribution in [-0.4, -0.2) is 18.5 Å². The maximum absolute atomic E-state index is 11.7. The van der Waals surface area contributed by atoms with Crippen LogP contribution in [0, 0.1) is 0 Å². The fourth-order valence-electron chi connectivity index (χ4n) is 1.38. The summed E-state index contributed by atoms with van der Waals surface area (Å²) < 4.78 is 0. The minimum absolute atomic E-state index is 0.0602. The van der Waals surface area contributed by atoms with Crippen LogP contribution in [0.25, 0.3) is 0 Å². The van der Waals surface area contributed by atoms with E-state index in [4.69, 9.17) is 0 Å². The van der Waals surface area contributed by atoms with E-state index in [1.165, 1.54) is 4.88 Å². The van der Waals surface area contributed by atoms with E-state index in [-0.39, 0.29) is 11.9 Å². The summed E-state index contributed by atoms with van der Waals surface area (Å²) in [5.41, 5.74) is 0. The first-order chi connectivity index (χ1) is 7.27. The minimum atomic E-state index is -0.0602. The van der Waals surface area contributed by atoms with Crippen molar-refractivity contribution in [2.45, 2.75) is 32.9 Å². The average molecular weight is 226 g/mol. The van der Waals surface area contributed by atoms with Crippen LogP contribution in [0.15, 0.2) is 17.5 Å². The van der Waals surface area contributed by atoms with E-state index in [9.17, 15) is 4.79 Å². The predicted molar refractivity (Wildman–Crippen MR) is 63.9 cm³/mol. The number of hydrogen-bond acceptors (Lipinski definition) is 3. The van der Waals surface area contributed by atoms with Gasteiger partial charge in [0.05, 0.1) is 12.6 Å². The van der Waals surface area contributed by atoms with E-state index in [1.807, 2.05) is 31.4 Å². The molecule has 0 spiro atoms. The monoisotopic (exact) mass is 226 g/mol. The second-order valence-corrected chi connectivity index (χ2v) is 4.35. The van der Waals surface area contributed by atoms with Gasteiger partial charge in [0.1, 0.15) is 0 Å². The summed E-state index contributed by atoms with van der Waals surface area (Å²) in [5.74, 6) is 0.0905. The predicted octanol–water partition coefficient (Wildman–Crippen LogP) is 1.75. The molecule has 0 aromatic carbocycles. The number of amides is 1. The number of rotatable bonds is 6. The molecule has 84 valence electrons. The largest absolute Gasteiger partial charge is 0.350 e. The Kier molecular flexibility index (Phi) is 5.36. The van der Waals surface area contributed by atoms with Crippen molar-refractivity contribution in [1.29, 1.82) is 0 Å². The minimum Gasteiger partial charge on any atom is -0.350 e. The second kappa shape index (κ2) is 6.58. The second-order valence-electron chi connectivity index (χ2n) is 3.32. The fraction of sp³-hybridized carbons (Fsp3) is 0.545. The van der Waals surface area contributed by atoms with Gasteiger partial charge in [0.15, 0.2) is 0 Å². The third kappa shape index (κ3) is 4.01. The Morgan fingerprint density at radius 1 is 1.53 bits per heavy atom. The van der Waals surface area contributed by atoms with Crippen molar-refractivity contribution in [3.63, 3.8) is 0 Å². The molecule has 1 rings (SSSR count). The van der Waals surface area contributed by atoms with Crippen LogP contribution in [0.3, 0.4) is 0 Å². The van der Waals surface area contributed by atoms with E-state index in [1.54, 1.807) is 11.3 Å². The first-order valence-corrected chi connectivity index (χ1v) is 6.19. The molecule has 1 atom stereocenters. The highest BCUT2D eigenvalue weighted by molar-refractivity contribution is 7.09. The Morgan fingerprint density at radius 3 is 2.87 bits per heavy atom. The molecule has 1 heterocycles. The van der Waals surface area contributed by atoms with Crippen LogP contribution in [0.4, 0.5) is 0 Å². The number of carbonyl (C=O) groups excluding carboxylic acids is 1. The summed E-state index contributed by atoms with van der Waals surface area (Å²) in [7, 11) is 0. The molecule has 15 heavy (non-hydrogen) atoms. The van der Waals surface area contributed by atoms with E-state index in [0.29, 0.717) is 6.54 Å². The summed E-state index contributed by atoms with van der Waals surface area (Å²) in [6.45, 7) is 5.48. The van der Waals surface area contributed by atoms with Crippen molar-refractivity contribution < 1.29 is 4.79 Å². The number of carbonyl (C=O) groups is 1. The molecule has 1 amide bonds. The lowest BCUT2D eigenvalue weighted by Crippen LogP contribution is -2.43. The van der Waals surface area contributed by atoms with Gasteiger partial charge in [0.2, 0.25) is 5.91 Å². The van der Waals surface area contributed by atoms with Gasteiger partial charge in [-0.05, 0) is 24.4 Å². The Labute approximate surface area is 94.9 Å². The fourth-order valence-corrected chi connectivity index (χ4v) is 2.02. The zero-order valence-corrected chi connectivity index (χ0v) is 10.1. The molecule has 1 aromatic heterocycles. The highest BCUT2D eigenvalue weighted by Gasteiger charge is 2.13. The van der Waals surface area contributed by atoms with E-state index >= 15 is 0 Å². The first-order valence-electron chi connectivity index (χ1n) is 5.31. The van der Waals surface area contributed by atoms with Gasteiger partial charge in [0.25, 0.3) is 0 Å². The van der Waals surface area contributed by atoms with Crippen LogP contribution in [-0.2, 0) is 11.3 Å². The Bertz CT molecular complexity index is 285. The summed E-state index contributed by atoms with van der Waals surface area (Å²) in [6.07, 6.45) is 0.824. The number of hydrogen-bond donors (Lipinski definition) is 2. The molecule has 2 N–H and O–H groups in total. The first kappa shape index (κ1) is 12.2. The molecule has 0 aliphatic carbocycles. The number of likely N-dealkylation sites (N-methyl/N-ethyl adjacent to an activating group) is 1. The molecule has 0 fully saturated rings. The van der Waals surface area contributed by atoms with Crippen molar-refractivity contribution in [3.05, 3.63) is 22.4 Å². The summed E-state index contributed by atoms with van der Waals surface area (Å²) in [4.78, 5) is 12.9. The molecule has 0 unspecified atom stereocenters. The lowest BCUT2D eigenvalue weighted by atomic mass is 10.2. The van der Waals surface area contributed by atoms with Gasteiger partial charge in [-0.1, -0.05) is 19.9 Å². The lowest BCUT2D eigenvalue weighted by Gasteiger charge is -2.14. The maximum Gasteiger partial charge on any atom is 0.237 e. The van der Waals surface area contributed by atoms with Gasteiger partial charge in [0, 0.05) is 4.88 Å². The summed E-state index contributed by atoms with van der Waals surface area (Å²) in [6, 6.07) is 3.96. The Hall–Kier alpha value is -0.870. The van der Waals surface area contributed by atoms with E-state index < -0.39 is 0 Å². The zero-order valence-electron chi connectivity index (χ0n) is 9.25. The lowest BCUT2D eigenvalue weighted by molar-refractivity contribution is -0.123. The zero-order chi connectivity index (χ0) is 11.1. The van der Waals surface area contributed by atoms with Gasteiger partial charge >= 0.3 is 0 Å². The number of nitrogens with one attached hydrogen (secondary N) is 2. The molecule has 1 aromatic rings. The third-order valence-electron chi connectivity index (χ3n) is 2.19. The van der Waals surface area contributed by atoms with Crippen LogP contribution in [0.1, 0.15) is 25.1 Å². The summed E-state index contributed by atoms with van der Waals surface area (Å²) >= 11 is 1.66. The van der Waals surface area contributed by atoms with Crippen molar-refractivity contribution >= 4 is 17.2 Å². The quantitative estimate of drug-likeness (QED) is 0.776. The Balaban J connectivity index is 2.34. The summed E-state index contributed by atoms with van der Waals surface area (Å²) in [5, 5.41) is 8.10. The van der Waals surface area contributed by atoms with Crippen LogP contribution in [0.5, 0.6) is 0 Å². The van der Waals surface area contributed by atoms with Crippen molar-refractivity contribution in [2.24, 2.45) is 0 Å². The molecule has 3 nitrogen and oxygen atoms in total. The standard InChI is InChI=1S/C11H18N2OS/c1-3-10(12-4-2)11(14)13-8-9-6-5-7-15-9/h5-7,10,12H,3-4,8H2,1-2H3,(H,13,14)/t10-/m0/s1. The van der Waals surface area contributed by atoms with E-state index in [0.717, 1.165) is 13.0 Å². The van der Waals surface area contributed by atoms with Gasteiger partial charge < -0.3 is 10.6 Å². The third-order valence-corrected chi connectivity index (χ3v) is 3.07. The SMILES string of the molecule is CCN[C@@H](CC)C(=O)NCc1cccs1. The molecule has 4 heteroatoms. The normalized spacial score (nSPS) is 12.4. The van der Waals surface area contributed by atoms with Crippen LogP contribution >= 0.6 is 11.3 Å².